The van der Waals surface area contributed by atoms with Crippen LogP contribution in [-0.4, -0.2) is 19.2 Å². The van der Waals surface area contributed by atoms with Gasteiger partial charge in [0.15, 0.2) is 5.75 Å². The number of carbonyl (C=O) groups is 1. The van der Waals surface area contributed by atoms with Crippen molar-refractivity contribution in [3.63, 3.8) is 0 Å². The minimum Gasteiger partial charge on any atom is -0.378 e. The molecule has 0 spiro atoms. The number of nitrogens with one attached hydrogen (secondary N) is 1. The van der Waals surface area contributed by atoms with E-state index in [0.717, 1.165) is 24.3 Å². The third-order valence-electron chi connectivity index (χ3n) is 4.20. The molecule has 1 N–H and O–H groups in total. The summed E-state index contributed by atoms with van der Waals surface area (Å²) in [6.45, 7) is 0. The lowest BCUT2D eigenvalue weighted by Crippen LogP contribution is -2.13. The van der Waals surface area contributed by atoms with Gasteiger partial charge in [0, 0.05) is 17.8 Å². The van der Waals surface area contributed by atoms with Crippen molar-refractivity contribution in [1.82, 2.24) is 0 Å². The van der Waals surface area contributed by atoms with Crippen LogP contribution in [0.2, 0.25) is 0 Å². The first-order valence-electron chi connectivity index (χ1n) is 9.16. The number of para-hydroxylation sites is 1. The van der Waals surface area contributed by atoms with E-state index in [1.54, 1.807) is 30.3 Å². The van der Waals surface area contributed by atoms with E-state index in [0.29, 0.717) is 11.3 Å². The number of benzene rings is 3. The van der Waals surface area contributed by atoms with Gasteiger partial charge < -0.3 is 9.50 Å². The zero-order valence-electron chi connectivity index (χ0n) is 16.6. The van der Waals surface area contributed by atoms with Gasteiger partial charge in [-0.15, -0.1) is 0 Å². The topological polar surface area (TPSA) is 139 Å². The maximum absolute atomic E-state index is 12.5. The molecule has 3 aromatic rings. The Morgan fingerprint density at radius 2 is 1.76 bits per heavy atom. The molecule has 0 aliphatic heterocycles. The molecular formula is C22H14BrN3O6S. The molecule has 0 aliphatic carbocycles. The average Bonchev–Trinajstić information content (AvgIpc) is 2.79. The van der Waals surface area contributed by atoms with Crippen LogP contribution in [0.25, 0.3) is 6.08 Å². The second kappa shape index (κ2) is 10.1. The van der Waals surface area contributed by atoms with Crippen molar-refractivity contribution in [2.75, 3.05) is 5.32 Å². The lowest BCUT2D eigenvalue weighted by atomic mass is 10.1. The molecule has 166 valence electrons. The number of hydrogen-bond acceptors (Lipinski definition) is 7. The Balaban J connectivity index is 1.79. The molecule has 33 heavy (non-hydrogen) atoms. The van der Waals surface area contributed by atoms with Crippen LogP contribution in [-0.2, 0) is 14.9 Å². The van der Waals surface area contributed by atoms with Crippen molar-refractivity contribution < 1.29 is 22.3 Å². The quantitative estimate of drug-likeness (QED) is 0.155. The Hall–Kier alpha value is -4.01. The summed E-state index contributed by atoms with van der Waals surface area (Å²) in [6.07, 6.45) is 1.34. The number of nitriles is 1. The van der Waals surface area contributed by atoms with Gasteiger partial charge in [-0.3, -0.25) is 14.9 Å². The Bertz CT molecular complexity index is 1380. The molecule has 3 aromatic carbocycles. The molecule has 0 fully saturated rings. The Morgan fingerprint density at radius 1 is 1.09 bits per heavy atom. The number of rotatable bonds is 7. The molecule has 0 bridgehead atoms. The minimum atomic E-state index is -4.25. The van der Waals surface area contributed by atoms with E-state index >= 15 is 0 Å². The van der Waals surface area contributed by atoms with Crippen LogP contribution < -0.4 is 9.50 Å². The molecule has 0 unspecified atom stereocenters. The number of non-ortho nitro benzene ring substituents is 1. The van der Waals surface area contributed by atoms with Crippen molar-refractivity contribution in [3.05, 3.63) is 98.5 Å². The summed E-state index contributed by atoms with van der Waals surface area (Å²) in [7, 11) is -4.25. The second-order valence-electron chi connectivity index (χ2n) is 6.47. The first-order chi connectivity index (χ1) is 15.7. The molecule has 9 nitrogen and oxygen atoms in total. The summed E-state index contributed by atoms with van der Waals surface area (Å²) in [5, 5.41) is 22.7. The highest BCUT2D eigenvalue weighted by Gasteiger charge is 2.20. The van der Waals surface area contributed by atoms with Crippen LogP contribution in [0.4, 0.5) is 11.4 Å². The average molecular weight is 528 g/mol. The number of nitro groups is 1. The van der Waals surface area contributed by atoms with Crippen LogP contribution in [0.15, 0.2) is 87.7 Å². The molecule has 0 radical (unpaired) electrons. The summed E-state index contributed by atoms with van der Waals surface area (Å²) in [5.74, 6) is -0.640. The summed E-state index contributed by atoms with van der Waals surface area (Å²) in [5.41, 5.74) is 0.570. The van der Waals surface area contributed by atoms with Gasteiger partial charge in [0.25, 0.3) is 11.6 Å². The molecule has 0 aromatic heterocycles. The first-order valence-corrected chi connectivity index (χ1v) is 11.4. The number of halogens is 1. The smallest absolute Gasteiger partial charge is 0.339 e. The number of anilines is 1. The van der Waals surface area contributed by atoms with Crippen LogP contribution in [0.5, 0.6) is 5.75 Å². The summed E-state index contributed by atoms with van der Waals surface area (Å²) >= 11 is 3.21. The van der Waals surface area contributed by atoms with E-state index in [4.69, 9.17) is 4.18 Å². The van der Waals surface area contributed by atoms with Crippen molar-refractivity contribution in [1.29, 1.82) is 5.26 Å². The highest BCUT2D eigenvalue weighted by Crippen LogP contribution is 2.30. The Morgan fingerprint density at radius 3 is 2.33 bits per heavy atom. The molecule has 0 atom stereocenters. The van der Waals surface area contributed by atoms with E-state index in [9.17, 15) is 28.6 Å². The SMILES string of the molecule is N#C/C(=C\c1ccc(OS(=O)(=O)c2ccc([N+](=O)[O-])cc2)c(Br)c1)C(=O)Nc1ccccc1. The van der Waals surface area contributed by atoms with Gasteiger partial charge in [-0.1, -0.05) is 24.3 Å². The Labute approximate surface area is 197 Å². The van der Waals surface area contributed by atoms with Crippen LogP contribution >= 0.6 is 15.9 Å². The van der Waals surface area contributed by atoms with E-state index < -0.39 is 20.9 Å². The van der Waals surface area contributed by atoms with Crippen molar-refractivity contribution in [2.45, 2.75) is 4.90 Å². The zero-order chi connectivity index (χ0) is 24.0. The summed E-state index contributed by atoms with van der Waals surface area (Å²) < 4.78 is 30.3. The lowest BCUT2D eigenvalue weighted by Gasteiger charge is -2.09. The number of amides is 1. The fourth-order valence-corrected chi connectivity index (χ4v) is 4.14. The van der Waals surface area contributed by atoms with Gasteiger partial charge in [-0.2, -0.15) is 13.7 Å². The van der Waals surface area contributed by atoms with Gasteiger partial charge in [0.1, 0.15) is 16.5 Å². The predicted molar refractivity (Wildman–Crippen MR) is 124 cm³/mol. The predicted octanol–water partition coefficient (Wildman–Crippen LogP) is 4.67. The molecule has 0 saturated heterocycles. The third-order valence-corrected chi connectivity index (χ3v) is 6.07. The normalized spacial score (nSPS) is 11.3. The first kappa shape index (κ1) is 23.6. The lowest BCUT2D eigenvalue weighted by molar-refractivity contribution is -0.384. The van der Waals surface area contributed by atoms with Gasteiger partial charge >= 0.3 is 10.1 Å². The minimum absolute atomic E-state index is 0.0438. The van der Waals surface area contributed by atoms with E-state index in [2.05, 4.69) is 21.2 Å². The molecular weight excluding hydrogens is 514 g/mol. The molecule has 0 aliphatic rings. The molecule has 0 heterocycles. The van der Waals surface area contributed by atoms with Gasteiger partial charge in [0.05, 0.1) is 9.40 Å². The molecule has 0 saturated carbocycles. The largest absolute Gasteiger partial charge is 0.378 e. The number of nitro benzene ring substituents is 1. The van der Waals surface area contributed by atoms with Gasteiger partial charge in [-0.05, 0) is 64.0 Å². The monoisotopic (exact) mass is 527 g/mol. The van der Waals surface area contributed by atoms with Crippen molar-refractivity contribution >= 4 is 49.4 Å². The van der Waals surface area contributed by atoms with Crippen LogP contribution in [0, 0.1) is 21.4 Å². The highest BCUT2D eigenvalue weighted by atomic mass is 79.9. The van der Waals surface area contributed by atoms with Crippen molar-refractivity contribution in [2.24, 2.45) is 0 Å². The number of hydrogen-bond donors (Lipinski definition) is 1. The van der Waals surface area contributed by atoms with Gasteiger partial charge in [-0.25, -0.2) is 0 Å². The second-order valence-corrected chi connectivity index (χ2v) is 8.87. The summed E-state index contributed by atoms with van der Waals surface area (Å²) in [4.78, 5) is 22.2. The fourth-order valence-electron chi connectivity index (χ4n) is 2.61. The third kappa shape index (κ3) is 6.03. The van der Waals surface area contributed by atoms with Crippen LogP contribution in [0.1, 0.15) is 5.56 Å². The highest BCUT2D eigenvalue weighted by molar-refractivity contribution is 9.10. The maximum Gasteiger partial charge on any atom is 0.339 e. The zero-order valence-corrected chi connectivity index (χ0v) is 19.0. The van der Waals surface area contributed by atoms with E-state index in [1.807, 2.05) is 6.07 Å². The Kier molecular flexibility index (Phi) is 7.22. The van der Waals surface area contributed by atoms with Gasteiger partial charge in [0.2, 0.25) is 0 Å². The standard InChI is InChI=1S/C22H14BrN3O6S/c23-20-13-15(12-16(14-24)22(27)25-17-4-2-1-3-5-17)6-11-21(20)32-33(30,31)19-9-7-18(8-10-19)26(28)29/h1-13H,(H,25,27)/b16-12+. The summed E-state index contributed by atoms with van der Waals surface area (Å²) in [6, 6.07) is 19.0. The number of carbonyl (C=O) groups excluding carboxylic acids is 1. The number of nitrogens with zero attached hydrogens (tertiary/aromatic N) is 2. The molecule has 1 amide bonds. The molecule has 11 heteroatoms. The maximum atomic E-state index is 12.5. The van der Waals surface area contributed by atoms with Crippen molar-refractivity contribution in [3.8, 4) is 11.8 Å². The molecule has 3 rings (SSSR count). The van der Waals surface area contributed by atoms with E-state index in [1.165, 1.54) is 24.3 Å². The fraction of sp³-hybridized carbons (Fsp3) is 0. The van der Waals surface area contributed by atoms with Crippen LogP contribution in [0.3, 0.4) is 0 Å². The van der Waals surface area contributed by atoms with E-state index in [-0.39, 0.29) is 26.4 Å².